The summed E-state index contributed by atoms with van der Waals surface area (Å²) in [5, 5.41) is 0.142. The normalized spacial score (nSPS) is 13.2. The van der Waals surface area contributed by atoms with Crippen LogP contribution in [0, 0.1) is 0 Å². The van der Waals surface area contributed by atoms with Gasteiger partial charge in [-0.15, -0.1) is 0 Å². The lowest BCUT2D eigenvalue weighted by Gasteiger charge is -2.19. The van der Waals surface area contributed by atoms with E-state index in [1.165, 1.54) is 0 Å². The lowest BCUT2D eigenvalue weighted by atomic mass is 9.98. The summed E-state index contributed by atoms with van der Waals surface area (Å²) in [6.07, 6.45) is 3.21. The Morgan fingerprint density at radius 3 is 0.760 bits per heavy atom. The van der Waals surface area contributed by atoms with Crippen molar-refractivity contribution in [3.63, 3.8) is 0 Å². The van der Waals surface area contributed by atoms with E-state index in [1.807, 2.05) is 97.1 Å². The molecule has 0 amide bonds. The largest absolute Gasteiger partial charge is 0.454 e. The van der Waals surface area contributed by atoms with Gasteiger partial charge in [0.25, 0.3) is 0 Å². The molecule has 11 aromatic rings. The fourth-order valence-electron chi connectivity index (χ4n) is 11.9. The number of nitrogens with one attached hydrogen (secondary N) is 2. The third-order valence-electron chi connectivity index (χ3n) is 17.8. The minimum atomic E-state index is -0.0706. The molecule has 0 spiro atoms. The van der Waals surface area contributed by atoms with Crippen molar-refractivity contribution in [1.29, 1.82) is 0 Å². The second-order valence-electron chi connectivity index (χ2n) is 23.5. The maximum atomic E-state index is 7.72. The first-order valence-corrected chi connectivity index (χ1v) is 35.4. The number of ether oxygens (including phenoxy) is 4. The molecule has 0 saturated heterocycles. The second-order valence-corrected chi connectivity index (χ2v) is 28.0. The van der Waals surface area contributed by atoms with Crippen LogP contribution in [0.25, 0.3) is 89.7 Å². The Morgan fingerprint density at radius 1 is 0.281 bits per heavy atom. The van der Waals surface area contributed by atoms with Gasteiger partial charge in [0.2, 0.25) is 0 Å². The van der Waals surface area contributed by atoms with Crippen molar-refractivity contribution in [3.8, 4) is 91.5 Å². The molecule has 24 heteroatoms. The number of aromatic amines is 2. The lowest BCUT2D eigenvalue weighted by molar-refractivity contribution is 0.471. The van der Waals surface area contributed by atoms with Gasteiger partial charge in [0.1, 0.15) is 65.7 Å². The summed E-state index contributed by atoms with van der Waals surface area (Å²) in [4.78, 5) is 38.1. The van der Waals surface area contributed by atoms with Gasteiger partial charge in [0, 0.05) is 0 Å². The molecular weight excluding hydrogens is 1470 g/mol. The van der Waals surface area contributed by atoms with E-state index < -0.39 is 0 Å². The van der Waals surface area contributed by atoms with E-state index in [2.05, 4.69) is 65.4 Å². The van der Waals surface area contributed by atoms with Crippen molar-refractivity contribution in [2.45, 2.75) is 105 Å². The van der Waals surface area contributed by atoms with Crippen molar-refractivity contribution < 1.29 is 18.9 Å². The number of halogens is 12. The Balaban J connectivity index is 1.19. The lowest BCUT2D eigenvalue weighted by Crippen LogP contribution is -1.98. The van der Waals surface area contributed by atoms with Crippen LogP contribution in [0.1, 0.15) is 127 Å². The maximum Gasteiger partial charge on any atom is 0.166 e. The zero-order chi connectivity index (χ0) is 68.0. The Morgan fingerprint density at radius 2 is 0.500 bits per heavy atom. The van der Waals surface area contributed by atoms with Crippen LogP contribution in [0.3, 0.4) is 0 Å². The number of rotatable bonds is 16. The topological polar surface area (TPSA) is 146 Å². The molecule has 0 aliphatic carbocycles. The SMILES string of the molecule is CCC(C)c1ccccc1Oc1c(Cl)c(Cl)c2c(c1Cl)-c1nc-2nc2[nH]c(nc3nc(nc4[nH]c(n1)c1c(Cl)c(Cl)c(Oc5ccccc5C(C)CC)c(Cl)c41)-c1c(Cl)c(Cl)c(Oc4ccccc4C(C)CC)c(Cl)c1-3)c1c(Cl)c(Oc3ccccc3C(C)CC)c(Cl)c(Cl)c21. The quantitative estimate of drug-likeness (QED) is 0.0897. The molecule has 0 radical (unpaired) electrons. The van der Waals surface area contributed by atoms with Crippen LogP contribution in [0.5, 0.6) is 46.0 Å². The van der Waals surface area contributed by atoms with Gasteiger partial charge >= 0.3 is 0 Å². The highest BCUT2D eigenvalue weighted by Gasteiger charge is 2.37. The highest BCUT2D eigenvalue weighted by molar-refractivity contribution is 6.53. The van der Waals surface area contributed by atoms with Crippen LogP contribution in [0.15, 0.2) is 97.1 Å². The number of hydrogen-bond donors (Lipinski definition) is 2. The molecular formula is C72H54Cl12N8O4. The van der Waals surface area contributed by atoms with Crippen molar-refractivity contribution in [2.75, 3.05) is 0 Å². The van der Waals surface area contributed by atoms with Crippen LogP contribution in [0.2, 0.25) is 60.3 Å². The molecule has 0 fully saturated rings. The van der Waals surface area contributed by atoms with E-state index in [0.29, 0.717) is 23.0 Å². The number of aromatic nitrogens is 8. The highest BCUT2D eigenvalue weighted by atomic mass is 35.5. The van der Waals surface area contributed by atoms with Gasteiger partial charge in [-0.1, -0.05) is 267 Å². The van der Waals surface area contributed by atoms with E-state index in [-0.39, 0.29) is 197 Å². The minimum Gasteiger partial charge on any atom is -0.454 e. The van der Waals surface area contributed by atoms with E-state index in [4.69, 9.17) is 188 Å². The third-order valence-corrected chi connectivity index (χ3v) is 22.6. The number of nitrogens with zero attached hydrogens (tertiary/aromatic N) is 6. The van der Waals surface area contributed by atoms with Gasteiger partial charge in [0.05, 0.1) is 84.0 Å². The molecule has 3 aromatic heterocycles. The summed E-state index contributed by atoms with van der Waals surface area (Å²) >= 11 is 90.6. The van der Waals surface area contributed by atoms with Gasteiger partial charge in [-0.2, -0.15) is 0 Å². The molecule has 2 aliphatic heterocycles. The number of benzene rings is 8. The fraction of sp³-hybridized carbons (Fsp3) is 0.222. The molecule has 490 valence electrons. The zero-order valence-corrected chi connectivity index (χ0v) is 61.3. The Kier molecular flexibility index (Phi) is 19.6. The predicted molar refractivity (Wildman–Crippen MR) is 397 cm³/mol. The van der Waals surface area contributed by atoms with Crippen LogP contribution in [0.4, 0.5) is 0 Å². The molecule has 2 N–H and O–H groups in total. The Bertz CT molecular complexity index is 5240. The van der Waals surface area contributed by atoms with Crippen LogP contribution < -0.4 is 18.9 Å². The van der Waals surface area contributed by atoms with Crippen molar-refractivity contribution in [2.24, 2.45) is 0 Å². The van der Waals surface area contributed by atoms with Gasteiger partial charge in [0.15, 0.2) is 46.3 Å². The molecule has 5 heterocycles. The monoisotopic (exact) mass is 1510 g/mol. The summed E-state index contributed by atoms with van der Waals surface area (Å²) in [5.74, 6) is 2.01. The summed E-state index contributed by atoms with van der Waals surface area (Å²) in [6, 6.07) is 30.3. The first-order valence-electron chi connectivity index (χ1n) is 30.8. The molecule has 12 nitrogen and oxygen atoms in total. The molecule has 4 unspecified atom stereocenters. The van der Waals surface area contributed by atoms with Gasteiger partial charge < -0.3 is 28.9 Å². The maximum absolute atomic E-state index is 7.72. The third kappa shape index (κ3) is 11.7. The van der Waals surface area contributed by atoms with E-state index in [9.17, 15) is 0 Å². The zero-order valence-electron chi connectivity index (χ0n) is 52.2. The average molecular weight is 1520 g/mol. The van der Waals surface area contributed by atoms with Crippen LogP contribution >= 0.6 is 139 Å². The molecule has 0 saturated carbocycles. The first-order chi connectivity index (χ1) is 46.1. The molecule has 8 aromatic carbocycles. The summed E-state index contributed by atoms with van der Waals surface area (Å²) in [5.41, 5.74) is 4.24. The van der Waals surface area contributed by atoms with E-state index in [0.717, 1.165) is 47.9 Å². The van der Waals surface area contributed by atoms with Crippen molar-refractivity contribution >= 4 is 183 Å². The Hall–Kier alpha value is -6.20. The van der Waals surface area contributed by atoms with E-state index >= 15 is 0 Å². The van der Waals surface area contributed by atoms with E-state index in [1.54, 1.807) is 0 Å². The van der Waals surface area contributed by atoms with Crippen molar-refractivity contribution in [1.82, 2.24) is 39.9 Å². The molecule has 8 bridgehead atoms. The fourth-order valence-corrected chi connectivity index (χ4v) is 15.3. The standard InChI is InChI=1S/C72H54Cl12N8O4/c1-9-29(5)33-21-13-17-25-37(33)93-61-53(77)45-41(49(73)57(61)81)65-85-66-42-47(55(79)63(58(82)50(42)74)95-39-27-19-15-23-35(39)31(7)11-3)71(87-66)92-72-48-44(52(76)60(84)64(56(48)80)96-40-28-20-16-24-36(40)32(8)12-4)68(91-72)90-70-46-43(67(89-70)88-69(45)86-65)51(75)59(83)62(54(46)78)94-38-26-18-14-22-34(38)30(6)10-2/h13-32H,9-12H2,1-8H3,(H2,85,86,87,88,89,90,91,92). The molecule has 13 rings (SSSR count). The highest BCUT2D eigenvalue weighted by Crippen LogP contribution is 2.58. The number of hydrogen-bond acceptors (Lipinski definition) is 10. The summed E-state index contributed by atoms with van der Waals surface area (Å²) < 4.78 is 27.0. The summed E-state index contributed by atoms with van der Waals surface area (Å²) in [7, 11) is 0. The minimum absolute atomic E-state index is 0.00554. The number of H-pyrrole nitrogens is 2. The number of para-hydroxylation sites is 4. The van der Waals surface area contributed by atoms with Gasteiger partial charge in [-0.05, 0) is 95.9 Å². The predicted octanol–water partition coefficient (Wildman–Crippen LogP) is 27.9. The summed E-state index contributed by atoms with van der Waals surface area (Å²) in [6.45, 7) is 16.7. The molecule has 96 heavy (non-hydrogen) atoms. The molecule has 4 atom stereocenters. The van der Waals surface area contributed by atoms with Crippen LogP contribution in [-0.2, 0) is 0 Å². The van der Waals surface area contributed by atoms with Crippen LogP contribution in [-0.4, -0.2) is 39.9 Å². The Labute approximate surface area is 612 Å². The average Bonchev–Trinajstić information content (AvgIpc) is 1.56. The van der Waals surface area contributed by atoms with Crippen molar-refractivity contribution in [3.05, 3.63) is 180 Å². The van der Waals surface area contributed by atoms with Gasteiger partial charge in [-0.3, -0.25) is 0 Å². The second kappa shape index (κ2) is 27.5. The van der Waals surface area contributed by atoms with Gasteiger partial charge in [-0.25, -0.2) is 29.9 Å². The number of fused-ring (bicyclic) bond motifs is 20. The first kappa shape index (κ1) is 68.3. The molecule has 2 aliphatic rings. The smallest absolute Gasteiger partial charge is 0.166 e.